The molecule has 0 saturated carbocycles. The van der Waals surface area contributed by atoms with Crippen LogP contribution in [-0.4, -0.2) is 64.2 Å². The Balaban J connectivity index is 1.55. The molecule has 1 heterocycles. The molecule has 1 aliphatic heterocycles. The molecule has 3 aliphatic rings. The molecule has 0 radical (unpaired) electrons. The van der Waals surface area contributed by atoms with Gasteiger partial charge in [-0.1, -0.05) is 66.7 Å². The highest BCUT2D eigenvalue weighted by molar-refractivity contribution is 6.74. The highest BCUT2D eigenvalue weighted by Crippen LogP contribution is 2.47. The summed E-state index contributed by atoms with van der Waals surface area (Å²) in [6.07, 6.45) is 10.8. The average Bonchev–Trinajstić information content (AvgIpc) is 2.99. The van der Waals surface area contributed by atoms with Gasteiger partial charge >= 0.3 is 5.97 Å². The van der Waals surface area contributed by atoms with Gasteiger partial charge in [0.1, 0.15) is 11.9 Å². The van der Waals surface area contributed by atoms with Crippen molar-refractivity contribution in [1.82, 2.24) is 0 Å². The number of ether oxygens (including phenoxy) is 3. The molecule has 2 aliphatic carbocycles. The summed E-state index contributed by atoms with van der Waals surface area (Å²) in [6, 6.07) is 5.76. The number of nitro benzene ring substituents is 1. The summed E-state index contributed by atoms with van der Waals surface area (Å²) in [5.41, 5.74) is -0.197. The van der Waals surface area contributed by atoms with Crippen LogP contribution in [0.25, 0.3) is 0 Å². The van der Waals surface area contributed by atoms with E-state index in [4.69, 9.17) is 23.1 Å². The van der Waals surface area contributed by atoms with Crippen molar-refractivity contribution in [1.29, 1.82) is 0 Å². The fourth-order valence-corrected chi connectivity index (χ4v) is 9.66. The van der Waals surface area contributed by atoms with Gasteiger partial charge in [0.2, 0.25) is 0 Å². The van der Waals surface area contributed by atoms with Crippen molar-refractivity contribution < 1.29 is 32.8 Å². The molecule has 1 aromatic rings. The smallest absolute Gasteiger partial charge is 0.350 e. The summed E-state index contributed by atoms with van der Waals surface area (Å²) in [5, 5.41) is 11.3. The van der Waals surface area contributed by atoms with E-state index in [0.29, 0.717) is 18.1 Å². The number of allylic oxidation sites excluding steroid dienone is 2. The first-order valence-electron chi connectivity index (χ1n) is 18.9. The third-order valence-electron chi connectivity index (χ3n) is 12.2. The molecule has 7 atom stereocenters. The molecule has 9 nitrogen and oxygen atoms in total. The van der Waals surface area contributed by atoms with Crippen molar-refractivity contribution in [3.05, 3.63) is 58.2 Å². The van der Waals surface area contributed by atoms with E-state index in [0.717, 1.165) is 32.3 Å². The van der Waals surface area contributed by atoms with Gasteiger partial charge in [-0.3, -0.25) is 10.1 Å². The molecule has 51 heavy (non-hydrogen) atoms. The lowest BCUT2D eigenvalue weighted by Crippen LogP contribution is -2.50. The first kappa shape index (κ1) is 41.4. The standard InChI is InChI=1S/C40H65NO8Si2/c1-27-14-15-28-24-33(49-51(12,13)39(5,6)7)26-35(46-37(42)40(8,9)47-30-18-16-29(17-19-30)41(43)44)36(28)34(27)21-20-31-25-32(22-23-45-31)48-50(10,11)38(2,3)4/h14-19,24,27,31-36H,20-23,25-26H2,1-13H3/t27-,31+,32+,33+,34-,35-,36-/m0/s1. The molecule has 0 amide bonds. The number of non-ortho nitro benzene ring substituents is 1. The normalized spacial score (nSPS) is 27.7. The number of esters is 1. The Morgan fingerprint density at radius 3 is 2.12 bits per heavy atom. The lowest BCUT2D eigenvalue weighted by atomic mass is 9.66. The van der Waals surface area contributed by atoms with Gasteiger partial charge in [0.25, 0.3) is 5.69 Å². The Labute approximate surface area is 309 Å². The van der Waals surface area contributed by atoms with Crippen LogP contribution in [0.4, 0.5) is 5.69 Å². The SMILES string of the molecule is C[C@H]1C=CC2=C[C@@H](O[Si](C)(C)C(C)(C)C)C[C@H](OC(=O)C(C)(C)Oc3ccc([N+](=O)[O-])cc3)[C@@H]2[C@H]1CC[C@@H]1C[C@H](O[Si](C)(C)C(C)(C)C)CCO1. The minimum Gasteiger partial charge on any atom is -0.476 e. The fraction of sp³-hybridized carbons (Fsp3) is 0.725. The third-order valence-corrected chi connectivity index (χ3v) is 21.2. The van der Waals surface area contributed by atoms with Gasteiger partial charge in [-0.2, -0.15) is 0 Å². The Kier molecular flexibility index (Phi) is 12.7. The second-order valence-electron chi connectivity index (χ2n) is 18.6. The van der Waals surface area contributed by atoms with Gasteiger partial charge in [-0.15, -0.1) is 0 Å². The Morgan fingerprint density at radius 1 is 0.922 bits per heavy atom. The van der Waals surface area contributed by atoms with E-state index in [1.54, 1.807) is 13.8 Å². The molecule has 0 unspecified atom stereocenters. The highest BCUT2D eigenvalue weighted by atomic mass is 28.4. The number of hydrogen-bond donors (Lipinski definition) is 0. The largest absolute Gasteiger partial charge is 0.476 e. The maximum Gasteiger partial charge on any atom is 0.350 e. The molecule has 1 fully saturated rings. The number of benzene rings is 1. The lowest BCUT2D eigenvalue weighted by Gasteiger charge is -2.46. The molecule has 1 saturated heterocycles. The van der Waals surface area contributed by atoms with Crippen LogP contribution in [0.1, 0.15) is 94.4 Å². The molecule has 0 spiro atoms. The predicted molar refractivity (Wildman–Crippen MR) is 208 cm³/mol. The summed E-state index contributed by atoms with van der Waals surface area (Å²) in [5.74, 6) is 0.434. The minimum absolute atomic E-state index is 0.00580. The monoisotopic (exact) mass is 743 g/mol. The second-order valence-corrected chi connectivity index (χ2v) is 28.1. The van der Waals surface area contributed by atoms with E-state index in [9.17, 15) is 14.9 Å². The number of carbonyl (C=O) groups is 1. The van der Waals surface area contributed by atoms with Gasteiger partial charge in [-0.05, 0) is 105 Å². The van der Waals surface area contributed by atoms with Crippen LogP contribution in [0.2, 0.25) is 36.3 Å². The molecule has 0 aromatic heterocycles. The number of rotatable bonds is 12. The summed E-state index contributed by atoms with van der Waals surface area (Å²) in [4.78, 5) is 24.7. The van der Waals surface area contributed by atoms with Crippen molar-refractivity contribution in [3.8, 4) is 5.75 Å². The van der Waals surface area contributed by atoms with E-state index < -0.39 is 39.2 Å². The predicted octanol–water partition coefficient (Wildman–Crippen LogP) is 10.2. The highest BCUT2D eigenvalue weighted by Gasteiger charge is 2.47. The number of carbonyl (C=O) groups excluding carboxylic acids is 1. The van der Waals surface area contributed by atoms with Gasteiger partial charge in [0.05, 0.1) is 17.1 Å². The lowest BCUT2D eigenvalue weighted by molar-refractivity contribution is -0.384. The van der Waals surface area contributed by atoms with Gasteiger partial charge in [0.15, 0.2) is 22.2 Å². The van der Waals surface area contributed by atoms with Crippen molar-refractivity contribution >= 4 is 28.3 Å². The van der Waals surface area contributed by atoms with E-state index >= 15 is 0 Å². The average molecular weight is 744 g/mol. The van der Waals surface area contributed by atoms with Crippen LogP contribution in [0.3, 0.4) is 0 Å². The first-order valence-corrected chi connectivity index (χ1v) is 24.7. The maximum atomic E-state index is 14.0. The topological polar surface area (TPSA) is 106 Å². The van der Waals surface area contributed by atoms with Crippen LogP contribution in [0, 0.1) is 27.9 Å². The number of nitro groups is 1. The zero-order valence-corrected chi connectivity index (χ0v) is 35.5. The van der Waals surface area contributed by atoms with E-state index in [2.05, 4.69) is 92.9 Å². The molecule has 0 N–H and O–H groups in total. The number of nitrogens with zero attached hydrogens (tertiary/aromatic N) is 1. The van der Waals surface area contributed by atoms with Crippen LogP contribution in [0.15, 0.2) is 48.1 Å². The Hall–Kier alpha value is -2.32. The van der Waals surface area contributed by atoms with Crippen molar-refractivity contribution in [2.45, 2.75) is 161 Å². The second kappa shape index (κ2) is 15.6. The number of fused-ring (bicyclic) bond motifs is 1. The zero-order chi connectivity index (χ0) is 38.2. The molecule has 11 heteroatoms. The van der Waals surface area contributed by atoms with Crippen molar-refractivity contribution in [2.75, 3.05) is 6.61 Å². The van der Waals surface area contributed by atoms with Crippen molar-refractivity contribution in [3.63, 3.8) is 0 Å². The van der Waals surface area contributed by atoms with E-state index in [1.807, 2.05) is 0 Å². The fourth-order valence-electron chi connectivity index (χ4n) is 6.98. The first-order chi connectivity index (χ1) is 23.4. The summed E-state index contributed by atoms with van der Waals surface area (Å²) >= 11 is 0. The van der Waals surface area contributed by atoms with Crippen molar-refractivity contribution in [2.24, 2.45) is 17.8 Å². The number of hydrogen-bond acceptors (Lipinski definition) is 8. The molecular weight excluding hydrogens is 679 g/mol. The van der Waals surface area contributed by atoms with E-state index in [1.165, 1.54) is 29.8 Å². The maximum absolute atomic E-state index is 14.0. The van der Waals surface area contributed by atoms with Gasteiger partial charge in [0, 0.05) is 37.2 Å². The third kappa shape index (κ3) is 10.2. The molecule has 0 bridgehead atoms. The van der Waals surface area contributed by atoms with Crippen LogP contribution in [0.5, 0.6) is 5.75 Å². The Bertz CT molecular complexity index is 1440. The molecule has 286 valence electrons. The molecule has 1 aromatic carbocycles. The molecule has 4 rings (SSSR count). The van der Waals surface area contributed by atoms with Crippen LogP contribution in [-0.2, 0) is 23.1 Å². The quantitative estimate of drug-likeness (QED) is 0.0902. The summed E-state index contributed by atoms with van der Waals surface area (Å²) < 4.78 is 32.7. The zero-order valence-electron chi connectivity index (χ0n) is 33.5. The van der Waals surface area contributed by atoms with Gasteiger partial charge in [-0.25, -0.2) is 4.79 Å². The minimum atomic E-state index is -2.13. The Morgan fingerprint density at radius 2 is 1.53 bits per heavy atom. The van der Waals surface area contributed by atoms with Crippen LogP contribution < -0.4 is 4.74 Å². The van der Waals surface area contributed by atoms with Crippen LogP contribution >= 0.6 is 0 Å². The van der Waals surface area contributed by atoms with E-state index in [-0.39, 0.29) is 45.9 Å². The summed E-state index contributed by atoms with van der Waals surface area (Å²) in [7, 11) is -4.02. The molecular formula is C40H65NO8Si2. The summed E-state index contributed by atoms with van der Waals surface area (Å²) in [6.45, 7) is 29.1. The van der Waals surface area contributed by atoms with Gasteiger partial charge < -0.3 is 23.1 Å².